The van der Waals surface area contributed by atoms with Crippen LogP contribution in [-0.4, -0.2) is 13.2 Å². The summed E-state index contributed by atoms with van der Waals surface area (Å²) in [6, 6.07) is 3.78. The summed E-state index contributed by atoms with van der Waals surface area (Å²) in [7, 11) is 0. The first-order valence-electron chi connectivity index (χ1n) is 6.20. The average molecular weight is 267 g/mol. The molecule has 0 spiro atoms. The van der Waals surface area contributed by atoms with E-state index in [0.29, 0.717) is 24.0 Å². The third-order valence-corrected chi connectivity index (χ3v) is 2.76. The Kier molecular flexibility index (Phi) is 6.46. The fraction of sp³-hybridized carbons (Fsp3) is 0.467. The van der Waals surface area contributed by atoms with Crippen LogP contribution >= 0.6 is 11.6 Å². The Bertz CT molecular complexity index is 444. The SMILES string of the molecule is CC#CCCc1cc(OCC)c(OCC)cc1Cl. The lowest BCUT2D eigenvalue weighted by Crippen LogP contribution is -2.00. The molecule has 1 aromatic rings. The van der Waals surface area contributed by atoms with Crippen molar-refractivity contribution in [3.8, 4) is 23.3 Å². The number of hydrogen-bond acceptors (Lipinski definition) is 2. The first-order valence-corrected chi connectivity index (χ1v) is 6.58. The molecule has 98 valence electrons. The van der Waals surface area contributed by atoms with Gasteiger partial charge in [0.05, 0.1) is 13.2 Å². The van der Waals surface area contributed by atoms with Gasteiger partial charge in [-0.1, -0.05) is 11.6 Å². The molecule has 3 heteroatoms. The number of halogens is 1. The molecule has 0 aromatic heterocycles. The predicted molar refractivity (Wildman–Crippen MR) is 75.6 cm³/mol. The molecule has 0 amide bonds. The van der Waals surface area contributed by atoms with Crippen molar-refractivity contribution >= 4 is 11.6 Å². The van der Waals surface area contributed by atoms with Crippen LogP contribution in [0.5, 0.6) is 11.5 Å². The first kappa shape index (κ1) is 14.7. The molecule has 0 radical (unpaired) electrons. The van der Waals surface area contributed by atoms with Crippen LogP contribution in [0.3, 0.4) is 0 Å². The van der Waals surface area contributed by atoms with E-state index in [1.165, 1.54) is 0 Å². The van der Waals surface area contributed by atoms with Crippen molar-refractivity contribution in [3.05, 3.63) is 22.7 Å². The van der Waals surface area contributed by atoms with E-state index >= 15 is 0 Å². The number of hydrogen-bond donors (Lipinski definition) is 0. The number of rotatable bonds is 6. The molecular weight excluding hydrogens is 248 g/mol. The Balaban J connectivity index is 2.96. The Morgan fingerprint density at radius 1 is 1.11 bits per heavy atom. The summed E-state index contributed by atoms with van der Waals surface area (Å²) < 4.78 is 11.1. The molecule has 0 atom stereocenters. The smallest absolute Gasteiger partial charge is 0.162 e. The highest BCUT2D eigenvalue weighted by molar-refractivity contribution is 6.31. The van der Waals surface area contributed by atoms with Gasteiger partial charge in [-0.2, -0.15) is 0 Å². The fourth-order valence-corrected chi connectivity index (χ4v) is 1.88. The van der Waals surface area contributed by atoms with Gasteiger partial charge in [0.15, 0.2) is 11.5 Å². The monoisotopic (exact) mass is 266 g/mol. The van der Waals surface area contributed by atoms with Crippen molar-refractivity contribution in [3.63, 3.8) is 0 Å². The van der Waals surface area contributed by atoms with Crippen molar-refractivity contribution in [2.75, 3.05) is 13.2 Å². The second-order valence-corrected chi connectivity index (χ2v) is 4.09. The highest BCUT2D eigenvalue weighted by Gasteiger charge is 2.10. The minimum atomic E-state index is 0.594. The lowest BCUT2D eigenvalue weighted by atomic mass is 10.1. The van der Waals surface area contributed by atoms with Crippen molar-refractivity contribution < 1.29 is 9.47 Å². The molecule has 0 saturated carbocycles. The Morgan fingerprint density at radius 3 is 2.28 bits per heavy atom. The first-order chi connectivity index (χ1) is 8.72. The summed E-state index contributed by atoms with van der Waals surface area (Å²) in [5.41, 5.74) is 1.05. The molecule has 2 nitrogen and oxygen atoms in total. The van der Waals surface area contributed by atoms with Crippen molar-refractivity contribution in [1.82, 2.24) is 0 Å². The lowest BCUT2D eigenvalue weighted by molar-refractivity contribution is 0.287. The molecule has 0 saturated heterocycles. The van der Waals surface area contributed by atoms with E-state index in [1.807, 2.05) is 32.9 Å². The minimum absolute atomic E-state index is 0.594. The summed E-state index contributed by atoms with van der Waals surface area (Å²) in [4.78, 5) is 0. The Morgan fingerprint density at radius 2 is 1.72 bits per heavy atom. The van der Waals surface area contributed by atoms with Gasteiger partial charge in [0.1, 0.15) is 0 Å². The molecule has 0 aliphatic carbocycles. The molecule has 0 aliphatic heterocycles. The Hall–Kier alpha value is -1.33. The fourth-order valence-electron chi connectivity index (χ4n) is 1.63. The summed E-state index contributed by atoms with van der Waals surface area (Å²) in [5, 5.41) is 0.708. The molecular formula is C15H19ClO2. The third kappa shape index (κ3) is 4.16. The number of ether oxygens (including phenoxy) is 2. The maximum absolute atomic E-state index is 6.23. The van der Waals surface area contributed by atoms with Crippen LogP contribution < -0.4 is 9.47 Å². The van der Waals surface area contributed by atoms with Gasteiger partial charge in [0, 0.05) is 17.5 Å². The van der Waals surface area contributed by atoms with E-state index in [-0.39, 0.29) is 0 Å². The van der Waals surface area contributed by atoms with Gasteiger partial charge in [-0.05, 0) is 38.8 Å². The number of aryl methyl sites for hydroxylation is 1. The van der Waals surface area contributed by atoms with Crippen LogP contribution in [0.15, 0.2) is 12.1 Å². The molecule has 18 heavy (non-hydrogen) atoms. The van der Waals surface area contributed by atoms with E-state index in [9.17, 15) is 0 Å². The van der Waals surface area contributed by atoms with Gasteiger partial charge < -0.3 is 9.47 Å². The van der Waals surface area contributed by atoms with Crippen molar-refractivity contribution in [2.45, 2.75) is 33.6 Å². The standard InChI is InChI=1S/C15H19ClO2/c1-4-7-8-9-12-10-14(17-5-2)15(18-6-3)11-13(12)16/h10-11H,5-6,8-9H2,1-3H3. The van der Waals surface area contributed by atoms with Gasteiger partial charge >= 0.3 is 0 Å². The van der Waals surface area contributed by atoms with E-state index in [2.05, 4.69) is 11.8 Å². The topological polar surface area (TPSA) is 18.5 Å². The lowest BCUT2D eigenvalue weighted by Gasteiger charge is -2.13. The van der Waals surface area contributed by atoms with Crippen LogP contribution in [0.4, 0.5) is 0 Å². The van der Waals surface area contributed by atoms with E-state index in [4.69, 9.17) is 21.1 Å². The zero-order valence-corrected chi connectivity index (χ0v) is 11.9. The summed E-state index contributed by atoms with van der Waals surface area (Å²) in [6.07, 6.45) is 1.63. The van der Waals surface area contributed by atoms with Crippen LogP contribution in [0, 0.1) is 11.8 Å². The number of benzene rings is 1. The van der Waals surface area contributed by atoms with Crippen molar-refractivity contribution in [2.24, 2.45) is 0 Å². The second-order valence-electron chi connectivity index (χ2n) is 3.68. The maximum Gasteiger partial charge on any atom is 0.162 e. The molecule has 1 aromatic carbocycles. The van der Waals surface area contributed by atoms with Gasteiger partial charge in [0.2, 0.25) is 0 Å². The van der Waals surface area contributed by atoms with Gasteiger partial charge in [0.25, 0.3) is 0 Å². The summed E-state index contributed by atoms with van der Waals surface area (Å²) >= 11 is 6.23. The van der Waals surface area contributed by atoms with E-state index in [0.717, 1.165) is 24.2 Å². The normalized spacial score (nSPS) is 9.56. The molecule has 0 fully saturated rings. The average Bonchev–Trinajstić information content (AvgIpc) is 2.35. The second kappa shape index (κ2) is 7.89. The largest absolute Gasteiger partial charge is 0.490 e. The predicted octanol–water partition coefficient (Wildman–Crippen LogP) is 4.09. The molecule has 0 unspecified atom stereocenters. The highest BCUT2D eigenvalue weighted by Crippen LogP contribution is 2.34. The summed E-state index contributed by atoms with van der Waals surface area (Å²) in [5.74, 6) is 7.37. The molecule has 0 heterocycles. The molecule has 0 bridgehead atoms. The minimum Gasteiger partial charge on any atom is -0.490 e. The summed E-state index contributed by atoms with van der Waals surface area (Å²) in [6.45, 7) is 6.93. The van der Waals surface area contributed by atoms with Crippen LogP contribution in [0.25, 0.3) is 0 Å². The maximum atomic E-state index is 6.23. The zero-order valence-electron chi connectivity index (χ0n) is 11.2. The third-order valence-electron chi connectivity index (χ3n) is 2.41. The van der Waals surface area contributed by atoms with Crippen molar-refractivity contribution in [1.29, 1.82) is 0 Å². The van der Waals surface area contributed by atoms with Gasteiger partial charge in [-0.15, -0.1) is 11.8 Å². The molecule has 0 N–H and O–H groups in total. The molecule has 0 aliphatic rings. The Labute approximate surface area is 114 Å². The molecule has 1 rings (SSSR count). The zero-order chi connectivity index (χ0) is 13.4. The van der Waals surface area contributed by atoms with Crippen LogP contribution in [0.2, 0.25) is 5.02 Å². The highest BCUT2D eigenvalue weighted by atomic mass is 35.5. The van der Waals surface area contributed by atoms with Crippen LogP contribution in [-0.2, 0) is 6.42 Å². The van der Waals surface area contributed by atoms with Gasteiger partial charge in [-0.3, -0.25) is 0 Å². The van der Waals surface area contributed by atoms with E-state index < -0.39 is 0 Å². The quantitative estimate of drug-likeness (QED) is 0.722. The van der Waals surface area contributed by atoms with Gasteiger partial charge in [-0.25, -0.2) is 0 Å². The van der Waals surface area contributed by atoms with E-state index in [1.54, 1.807) is 0 Å². The van der Waals surface area contributed by atoms with Crippen LogP contribution in [0.1, 0.15) is 32.8 Å².